The maximum atomic E-state index is 10.7. The average molecular weight is 190 g/mol. The summed E-state index contributed by atoms with van der Waals surface area (Å²) in [6, 6.07) is 7.99. The fourth-order valence-electron chi connectivity index (χ4n) is 1.55. The number of hydrogen-bond acceptors (Lipinski definition) is 2. The van der Waals surface area contributed by atoms with Crippen LogP contribution in [0.5, 0.6) is 5.75 Å². The molecule has 0 unspecified atom stereocenters. The lowest BCUT2D eigenvalue weighted by Crippen LogP contribution is -2.28. The quantitative estimate of drug-likeness (QED) is 0.731. The maximum Gasteiger partial charge on any atom is 0.133 e. The first kappa shape index (κ1) is 9.25. The normalized spacial score (nSPS) is 16.5. The van der Waals surface area contributed by atoms with E-state index >= 15 is 0 Å². The molecule has 0 bridgehead atoms. The Kier molecular flexibility index (Phi) is 2.53. The van der Waals surface area contributed by atoms with Gasteiger partial charge in [0.05, 0.1) is 6.61 Å². The first-order chi connectivity index (χ1) is 6.74. The number of hydrogen-bond donors (Lipinski definition) is 0. The van der Waals surface area contributed by atoms with Crippen LogP contribution in [0, 0.1) is 12.8 Å². The molecule has 0 aromatic heterocycles. The zero-order valence-corrected chi connectivity index (χ0v) is 8.32. The molecule has 74 valence electrons. The van der Waals surface area contributed by atoms with Crippen LogP contribution < -0.4 is 4.74 Å². The van der Waals surface area contributed by atoms with Gasteiger partial charge in [-0.1, -0.05) is 17.7 Å². The molecule has 1 aromatic rings. The van der Waals surface area contributed by atoms with Gasteiger partial charge < -0.3 is 4.74 Å². The van der Waals surface area contributed by atoms with E-state index < -0.39 is 0 Å². The summed E-state index contributed by atoms with van der Waals surface area (Å²) in [6.07, 6.45) is 1.40. The summed E-state index contributed by atoms with van der Waals surface area (Å²) in [7, 11) is 0. The second-order valence-corrected chi connectivity index (χ2v) is 3.94. The number of carbonyl (C=O) groups is 1. The molecule has 1 aliphatic rings. The summed E-state index contributed by atoms with van der Waals surface area (Å²) in [5.41, 5.74) is 1.23. The van der Waals surface area contributed by atoms with Gasteiger partial charge >= 0.3 is 0 Å². The number of ether oxygens (including phenoxy) is 1. The fourth-order valence-corrected chi connectivity index (χ4v) is 1.55. The molecule has 0 aliphatic heterocycles. The molecule has 0 N–H and O–H groups in total. The zero-order chi connectivity index (χ0) is 9.97. The van der Waals surface area contributed by atoms with Gasteiger partial charge in [-0.15, -0.1) is 0 Å². The van der Waals surface area contributed by atoms with Crippen molar-refractivity contribution in [3.05, 3.63) is 29.8 Å². The second kappa shape index (κ2) is 3.82. The first-order valence-corrected chi connectivity index (χ1v) is 4.95. The number of benzene rings is 1. The molecule has 0 atom stereocenters. The van der Waals surface area contributed by atoms with Gasteiger partial charge in [-0.2, -0.15) is 0 Å². The van der Waals surface area contributed by atoms with Gasteiger partial charge in [-0.05, 0) is 19.1 Å². The van der Waals surface area contributed by atoms with Crippen molar-refractivity contribution in [2.45, 2.75) is 19.8 Å². The van der Waals surface area contributed by atoms with Crippen LogP contribution in [0.1, 0.15) is 18.4 Å². The number of rotatable bonds is 3. The molecule has 0 heterocycles. The second-order valence-electron chi connectivity index (χ2n) is 3.94. The van der Waals surface area contributed by atoms with Crippen LogP contribution in [-0.2, 0) is 4.79 Å². The lowest BCUT2D eigenvalue weighted by Gasteiger charge is -2.23. The predicted molar refractivity (Wildman–Crippen MR) is 54.4 cm³/mol. The van der Waals surface area contributed by atoms with Gasteiger partial charge in [-0.3, -0.25) is 4.79 Å². The Morgan fingerprint density at radius 3 is 2.50 bits per heavy atom. The van der Waals surface area contributed by atoms with E-state index in [1.807, 2.05) is 31.2 Å². The third-order valence-corrected chi connectivity index (χ3v) is 2.54. The Hall–Kier alpha value is -1.31. The van der Waals surface area contributed by atoms with Gasteiger partial charge in [0.2, 0.25) is 0 Å². The zero-order valence-electron chi connectivity index (χ0n) is 8.32. The van der Waals surface area contributed by atoms with E-state index in [0.29, 0.717) is 31.1 Å². The SMILES string of the molecule is Cc1ccc(OCC2CC(=O)C2)cc1. The van der Waals surface area contributed by atoms with Crippen molar-refractivity contribution in [1.82, 2.24) is 0 Å². The summed E-state index contributed by atoms with van der Waals surface area (Å²) in [6.45, 7) is 2.73. The van der Waals surface area contributed by atoms with Crippen molar-refractivity contribution >= 4 is 5.78 Å². The third-order valence-electron chi connectivity index (χ3n) is 2.54. The topological polar surface area (TPSA) is 26.3 Å². The molecule has 0 spiro atoms. The molecular weight excluding hydrogens is 176 g/mol. The summed E-state index contributed by atoms with van der Waals surface area (Å²) in [4.78, 5) is 10.7. The van der Waals surface area contributed by atoms with Crippen molar-refractivity contribution in [3.63, 3.8) is 0 Å². The van der Waals surface area contributed by atoms with Crippen molar-refractivity contribution in [2.75, 3.05) is 6.61 Å². The van der Waals surface area contributed by atoms with Crippen LogP contribution in [-0.4, -0.2) is 12.4 Å². The number of aryl methyl sites for hydroxylation is 1. The lowest BCUT2D eigenvalue weighted by atomic mass is 9.85. The van der Waals surface area contributed by atoms with E-state index in [9.17, 15) is 4.79 Å². The standard InChI is InChI=1S/C12H14O2/c1-9-2-4-12(5-3-9)14-8-10-6-11(13)7-10/h2-5,10H,6-8H2,1H3. The minimum absolute atomic E-state index is 0.363. The van der Waals surface area contributed by atoms with Crippen molar-refractivity contribution in [1.29, 1.82) is 0 Å². The molecular formula is C12H14O2. The summed E-state index contributed by atoms with van der Waals surface area (Å²) in [5.74, 6) is 1.71. The minimum atomic E-state index is 0.363. The van der Waals surface area contributed by atoms with E-state index in [1.54, 1.807) is 0 Å². The van der Waals surface area contributed by atoms with Crippen LogP contribution in [0.25, 0.3) is 0 Å². The number of Topliss-reactive ketones (excluding diaryl/α,β-unsaturated/α-hetero) is 1. The Bertz CT molecular complexity index is 319. The molecule has 2 heteroatoms. The molecule has 1 aliphatic carbocycles. The largest absolute Gasteiger partial charge is 0.493 e. The van der Waals surface area contributed by atoms with Crippen molar-refractivity contribution in [3.8, 4) is 5.75 Å². The van der Waals surface area contributed by atoms with Crippen LogP contribution in [0.4, 0.5) is 0 Å². The number of ketones is 1. The Labute approximate surface area is 83.9 Å². The first-order valence-electron chi connectivity index (χ1n) is 4.95. The Balaban J connectivity index is 1.80. The van der Waals surface area contributed by atoms with Crippen molar-refractivity contribution in [2.24, 2.45) is 5.92 Å². The molecule has 14 heavy (non-hydrogen) atoms. The summed E-state index contributed by atoms with van der Waals surface area (Å²) >= 11 is 0. The molecule has 1 saturated carbocycles. The van der Waals surface area contributed by atoms with Gasteiger partial charge in [0.1, 0.15) is 11.5 Å². The molecule has 2 rings (SSSR count). The van der Waals surface area contributed by atoms with Crippen LogP contribution in [0.2, 0.25) is 0 Å². The van der Waals surface area contributed by atoms with Crippen LogP contribution in [0.15, 0.2) is 24.3 Å². The highest BCUT2D eigenvalue weighted by Gasteiger charge is 2.26. The van der Waals surface area contributed by atoms with Gasteiger partial charge in [0.25, 0.3) is 0 Å². The van der Waals surface area contributed by atoms with Crippen LogP contribution in [0.3, 0.4) is 0 Å². The highest BCUT2D eigenvalue weighted by Crippen LogP contribution is 2.23. The van der Waals surface area contributed by atoms with Gasteiger partial charge in [0.15, 0.2) is 0 Å². The van der Waals surface area contributed by atoms with Crippen LogP contribution >= 0.6 is 0 Å². The number of carbonyl (C=O) groups excluding carboxylic acids is 1. The maximum absolute atomic E-state index is 10.7. The molecule has 1 aromatic carbocycles. The monoisotopic (exact) mass is 190 g/mol. The van der Waals surface area contributed by atoms with Gasteiger partial charge in [-0.25, -0.2) is 0 Å². The lowest BCUT2D eigenvalue weighted by molar-refractivity contribution is -0.127. The molecule has 2 nitrogen and oxygen atoms in total. The predicted octanol–water partition coefficient (Wildman–Crippen LogP) is 2.35. The van der Waals surface area contributed by atoms with E-state index in [4.69, 9.17) is 4.74 Å². The van der Waals surface area contributed by atoms with E-state index in [2.05, 4.69) is 0 Å². The highest BCUT2D eigenvalue weighted by atomic mass is 16.5. The van der Waals surface area contributed by atoms with E-state index in [0.717, 1.165) is 5.75 Å². The summed E-state index contributed by atoms with van der Waals surface area (Å²) in [5, 5.41) is 0. The van der Waals surface area contributed by atoms with E-state index in [1.165, 1.54) is 5.56 Å². The smallest absolute Gasteiger partial charge is 0.133 e. The minimum Gasteiger partial charge on any atom is -0.493 e. The fraction of sp³-hybridized carbons (Fsp3) is 0.417. The third kappa shape index (κ3) is 2.13. The Morgan fingerprint density at radius 1 is 1.29 bits per heavy atom. The molecule has 0 amide bonds. The van der Waals surface area contributed by atoms with Gasteiger partial charge in [0, 0.05) is 18.8 Å². The molecule has 1 fully saturated rings. The summed E-state index contributed by atoms with van der Waals surface area (Å²) < 4.78 is 5.56. The Morgan fingerprint density at radius 2 is 1.93 bits per heavy atom. The highest BCUT2D eigenvalue weighted by molar-refractivity contribution is 5.84. The van der Waals surface area contributed by atoms with Crippen molar-refractivity contribution < 1.29 is 9.53 Å². The average Bonchev–Trinajstić information content (AvgIpc) is 2.13. The molecule has 0 saturated heterocycles. The van der Waals surface area contributed by atoms with E-state index in [-0.39, 0.29) is 0 Å². The molecule has 0 radical (unpaired) electrons.